The van der Waals surface area contributed by atoms with Crippen molar-refractivity contribution in [3.05, 3.63) is 28.8 Å². The molecule has 0 aromatic heterocycles. The van der Waals surface area contributed by atoms with Gasteiger partial charge in [0.25, 0.3) is 0 Å². The predicted molar refractivity (Wildman–Crippen MR) is 65.7 cm³/mol. The molecule has 16 heavy (non-hydrogen) atoms. The van der Waals surface area contributed by atoms with E-state index in [0.29, 0.717) is 6.54 Å². The summed E-state index contributed by atoms with van der Waals surface area (Å²) < 4.78 is 5.80. The van der Waals surface area contributed by atoms with Gasteiger partial charge < -0.3 is 10.5 Å². The Morgan fingerprint density at radius 1 is 1.38 bits per heavy atom. The highest BCUT2D eigenvalue weighted by Gasteiger charge is 2.16. The molecule has 0 saturated heterocycles. The molecule has 0 unspecified atom stereocenters. The van der Waals surface area contributed by atoms with Crippen LogP contribution in [0.4, 0.5) is 0 Å². The van der Waals surface area contributed by atoms with E-state index in [2.05, 4.69) is 30.9 Å². The van der Waals surface area contributed by atoms with E-state index < -0.39 is 0 Å². The van der Waals surface area contributed by atoms with Gasteiger partial charge in [-0.1, -0.05) is 6.07 Å². The third-order valence-corrected chi connectivity index (χ3v) is 3.07. The van der Waals surface area contributed by atoms with Gasteiger partial charge in [-0.25, -0.2) is 0 Å². The van der Waals surface area contributed by atoms with Crippen LogP contribution in [0.1, 0.15) is 16.7 Å². The van der Waals surface area contributed by atoms with E-state index in [1.54, 1.807) is 0 Å². The molecule has 0 spiro atoms. The first-order valence-corrected chi connectivity index (χ1v) is 5.86. The summed E-state index contributed by atoms with van der Waals surface area (Å²) in [6.45, 7) is 8.59. The zero-order valence-electron chi connectivity index (χ0n) is 10.1. The second-order valence-corrected chi connectivity index (χ2v) is 4.47. The van der Waals surface area contributed by atoms with Crippen LogP contribution < -0.4 is 10.5 Å². The van der Waals surface area contributed by atoms with Crippen molar-refractivity contribution in [1.29, 1.82) is 0 Å². The van der Waals surface area contributed by atoms with Gasteiger partial charge >= 0.3 is 0 Å². The van der Waals surface area contributed by atoms with Gasteiger partial charge in [-0.05, 0) is 31.0 Å². The normalized spacial score (nSPS) is 16.4. The van der Waals surface area contributed by atoms with E-state index in [-0.39, 0.29) is 0 Å². The largest absolute Gasteiger partial charge is 0.492 e. The summed E-state index contributed by atoms with van der Waals surface area (Å²) in [7, 11) is 0. The Morgan fingerprint density at radius 3 is 2.94 bits per heavy atom. The summed E-state index contributed by atoms with van der Waals surface area (Å²) in [5, 5.41) is 0. The Bertz CT molecular complexity index is 376. The molecule has 1 aromatic rings. The summed E-state index contributed by atoms with van der Waals surface area (Å²) in [6.07, 6.45) is 0. The lowest BCUT2D eigenvalue weighted by Crippen LogP contribution is -2.31. The number of rotatable bonds is 2. The number of fused-ring (bicyclic) bond motifs is 1. The molecular formula is C13H20N2O. The predicted octanol–water partition coefficient (Wildman–Crippen LogP) is 1.46. The quantitative estimate of drug-likeness (QED) is 0.820. The van der Waals surface area contributed by atoms with Gasteiger partial charge in [0.2, 0.25) is 0 Å². The number of nitrogens with two attached hydrogens (primary N) is 1. The van der Waals surface area contributed by atoms with Crippen LogP contribution in [0, 0.1) is 13.8 Å². The van der Waals surface area contributed by atoms with Crippen LogP contribution in [0.3, 0.4) is 0 Å². The molecular weight excluding hydrogens is 200 g/mol. The highest BCUT2D eigenvalue weighted by molar-refractivity contribution is 5.43. The summed E-state index contributed by atoms with van der Waals surface area (Å²) in [5.74, 6) is 1.05. The van der Waals surface area contributed by atoms with Crippen LogP contribution >= 0.6 is 0 Å². The fourth-order valence-electron chi connectivity index (χ4n) is 2.25. The van der Waals surface area contributed by atoms with Crippen molar-refractivity contribution < 1.29 is 4.74 Å². The Hall–Kier alpha value is -1.06. The second kappa shape index (κ2) is 4.85. The third kappa shape index (κ3) is 2.36. The summed E-state index contributed by atoms with van der Waals surface area (Å²) in [5.41, 5.74) is 9.51. The van der Waals surface area contributed by atoms with Crippen LogP contribution in [0.2, 0.25) is 0 Å². The fraction of sp³-hybridized carbons (Fsp3) is 0.538. The molecule has 3 nitrogen and oxygen atoms in total. The molecule has 0 fully saturated rings. The number of nitrogens with zero attached hydrogens (tertiary/aromatic N) is 1. The van der Waals surface area contributed by atoms with Crippen molar-refractivity contribution in [2.45, 2.75) is 20.4 Å². The Labute approximate surface area is 97.2 Å². The second-order valence-electron chi connectivity index (χ2n) is 4.47. The van der Waals surface area contributed by atoms with Crippen LogP contribution in [0.5, 0.6) is 5.75 Å². The first-order chi connectivity index (χ1) is 7.70. The van der Waals surface area contributed by atoms with Crippen molar-refractivity contribution in [3.63, 3.8) is 0 Å². The van der Waals surface area contributed by atoms with Gasteiger partial charge in [-0.3, -0.25) is 4.90 Å². The minimum Gasteiger partial charge on any atom is -0.492 e. The average Bonchev–Trinajstić information content (AvgIpc) is 2.41. The number of aryl methyl sites for hydroxylation is 2. The number of benzene rings is 1. The van der Waals surface area contributed by atoms with E-state index in [1.165, 1.54) is 16.7 Å². The van der Waals surface area contributed by atoms with E-state index in [4.69, 9.17) is 10.5 Å². The van der Waals surface area contributed by atoms with Crippen molar-refractivity contribution >= 4 is 0 Å². The highest BCUT2D eigenvalue weighted by atomic mass is 16.5. The van der Waals surface area contributed by atoms with Crippen molar-refractivity contribution in [3.8, 4) is 5.75 Å². The van der Waals surface area contributed by atoms with Gasteiger partial charge in [0.1, 0.15) is 12.4 Å². The zero-order valence-corrected chi connectivity index (χ0v) is 10.1. The van der Waals surface area contributed by atoms with Gasteiger partial charge in [0, 0.05) is 31.7 Å². The summed E-state index contributed by atoms with van der Waals surface area (Å²) >= 11 is 0. The maximum atomic E-state index is 5.80. The molecule has 2 N–H and O–H groups in total. The molecule has 88 valence electrons. The van der Waals surface area contributed by atoms with Crippen LogP contribution in [-0.4, -0.2) is 31.1 Å². The standard InChI is InChI=1S/C13H20N2O/c1-10-7-11(2)12-9-15(4-3-14)5-6-16-13(12)8-10/h7-8H,3-6,9,14H2,1-2H3. The lowest BCUT2D eigenvalue weighted by atomic mass is 10.0. The smallest absolute Gasteiger partial charge is 0.124 e. The summed E-state index contributed by atoms with van der Waals surface area (Å²) in [4.78, 5) is 2.36. The molecule has 2 rings (SSSR count). The van der Waals surface area contributed by atoms with E-state index >= 15 is 0 Å². The Balaban J connectivity index is 2.29. The van der Waals surface area contributed by atoms with Gasteiger partial charge in [0.15, 0.2) is 0 Å². The van der Waals surface area contributed by atoms with Crippen molar-refractivity contribution in [2.24, 2.45) is 5.73 Å². The molecule has 1 heterocycles. The Morgan fingerprint density at radius 2 is 2.19 bits per heavy atom. The molecule has 1 aliphatic rings. The maximum Gasteiger partial charge on any atom is 0.124 e. The first kappa shape index (κ1) is 11.4. The minimum atomic E-state index is 0.709. The maximum absolute atomic E-state index is 5.80. The molecule has 3 heteroatoms. The van der Waals surface area contributed by atoms with E-state index in [0.717, 1.165) is 32.0 Å². The first-order valence-electron chi connectivity index (χ1n) is 5.86. The molecule has 1 aromatic carbocycles. The molecule has 1 aliphatic heterocycles. The minimum absolute atomic E-state index is 0.709. The highest BCUT2D eigenvalue weighted by Crippen LogP contribution is 2.27. The van der Waals surface area contributed by atoms with Gasteiger partial charge in [0.05, 0.1) is 0 Å². The SMILES string of the molecule is Cc1cc(C)c2c(c1)OCCN(CCN)C2. The lowest BCUT2D eigenvalue weighted by Gasteiger charge is -2.18. The Kier molecular flexibility index (Phi) is 3.46. The monoisotopic (exact) mass is 220 g/mol. The molecule has 0 radical (unpaired) electrons. The van der Waals surface area contributed by atoms with E-state index in [1.807, 2.05) is 0 Å². The van der Waals surface area contributed by atoms with E-state index in [9.17, 15) is 0 Å². The van der Waals surface area contributed by atoms with Crippen LogP contribution in [0.25, 0.3) is 0 Å². The van der Waals surface area contributed by atoms with Crippen molar-refractivity contribution in [2.75, 3.05) is 26.2 Å². The number of ether oxygens (including phenoxy) is 1. The van der Waals surface area contributed by atoms with Crippen molar-refractivity contribution in [1.82, 2.24) is 4.90 Å². The van der Waals surface area contributed by atoms with Gasteiger partial charge in [-0.15, -0.1) is 0 Å². The van der Waals surface area contributed by atoms with Gasteiger partial charge in [-0.2, -0.15) is 0 Å². The summed E-state index contributed by atoms with van der Waals surface area (Å²) in [6, 6.07) is 4.35. The molecule has 0 bridgehead atoms. The number of hydrogen-bond donors (Lipinski definition) is 1. The number of hydrogen-bond acceptors (Lipinski definition) is 3. The zero-order chi connectivity index (χ0) is 11.5. The fourth-order valence-corrected chi connectivity index (χ4v) is 2.25. The average molecular weight is 220 g/mol. The van der Waals surface area contributed by atoms with Crippen LogP contribution in [0.15, 0.2) is 12.1 Å². The third-order valence-electron chi connectivity index (χ3n) is 3.07. The molecule has 0 atom stereocenters. The molecule has 0 amide bonds. The molecule has 0 saturated carbocycles. The topological polar surface area (TPSA) is 38.5 Å². The van der Waals surface area contributed by atoms with Crippen LogP contribution in [-0.2, 0) is 6.54 Å². The molecule has 0 aliphatic carbocycles. The lowest BCUT2D eigenvalue weighted by molar-refractivity contribution is 0.230.